The van der Waals surface area contributed by atoms with E-state index in [1.807, 2.05) is 13.3 Å². The molecule has 0 aliphatic carbocycles. The van der Waals surface area contributed by atoms with Crippen LogP contribution in [0.15, 0.2) is 60.6 Å². The molecule has 0 bridgehead atoms. The van der Waals surface area contributed by atoms with Gasteiger partial charge in [-0.15, -0.1) is 0 Å². The van der Waals surface area contributed by atoms with Crippen LogP contribution < -0.4 is 42.5 Å². The van der Waals surface area contributed by atoms with Gasteiger partial charge in [-0.1, -0.05) is 20.8 Å². The van der Waals surface area contributed by atoms with Gasteiger partial charge in [-0.25, -0.2) is 79.7 Å². The van der Waals surface area contributed by atoms with E-state index in [9.17, 15) is 0 Å². The molecule has 5 saturated heterocycles. The van der Waals surface area contributed by atoms with Gasteiger partial charge in [0.05, 0.1) is 71.8 Å². The molecule has 17 rings (SSSR count). The molecule has 108 heavy (non-hydrogen) atoms. The lowest BCUT2D eigenvalue weighted by molar-refractivity contribution is 0.122. The van der Waals surface area contributed by atoms with Gasteiger partial charge < -0.3 is 84.5 Å². The Bertz CT molecular complexity index is 4890. The molecule has 37 nitrogen and oxygen atoms in total. The number of halogens is 1. The van der Waals surface area contributed by atoms with Crippen molar-refractivity contribution in [2.45, 2.75) is 105 Å². The number of aromatic nitrogens is 24. The van der Waals surface area contributed by atoms with E-state index in [0.29, 0.717) is 100 Å². The normalized spacial score (nSPS) is 16.9. The van der Waals surface area contributed by atoms with Gasteiger partial charge in [-0.3, -0.25) is 0 Å². The Hall–Kier alpha value is -10.8. The lowest BCUT2D eigenvalue weighted by Gasteiger charge is -2.27. The summed E-state index contributed by atoms with van der Waals surface area (Å²) < 4.78 is 36.7. The van der Waals surface area contributed by atoms with Gasteiger partial charge in [0, 0.05) is 155 Å². The van der Waals surface area contributed by atoms with Crippen molar-refractivity contribution in [3.8, 4) is 45.0 Å². The Labute approximate surface area is 630 Å². The third-order valence-corrected chi connectivity index (χ3v) is 19.9. The molecule has 0 amide bonds. The fourth-order valence-electron chi connectivity index (χ4n) is 13.3. The first kappa shape index (κ1) is 74.1. The third kappa shape index (κ3) is 15.8. The van der Waals surface area contributed by atoms with Crippen LogP contribution in [-0.2, 0) is 30.1 Å². The number of imidazole rings is 4. The van der Waals surface area contributed by atoms with Gasteiger partial charge in [0.25, 0.3) is 0 Å². The minimum absolute atomic E-state index is 0.226. The summed E-state index contributed by atoms with van der Waals surface area (Å²) in [5, 5.41) is 0. The fourth-order valence-corrected chi connectivity index (χ4v) is 14.0. The fraction of sp³-hybridized carbons (Fsp3) is 0.486. The number of ether oxygens (including phenoxy) is 5. The highest BCUT2D eigenvalue weighted by molar-refractivity contribution is 9.10. The molecule has 0 saturated carbocycles. The summed E-state index contributed by atoms with van der Waals surface area (Å²) in [6, 6.07) is 1.01. The summed E-state index contributed by atoms with van der Waals surface area (Å²) in [6.07, 6.45) is 19.0. The van der Waals surface area contributed by atoms with E-state index >= 15 is 0 Å². The maximum absolute atomic E-state index is 5.66. The van der Waals surface area contributed by atoms with Crippen molar-refractivity contribution in [1.29, 1.82) is 0 Å². The second-order valence-corrected chi connectivity index (χ2v) is 27.4. The van der Waals surface area contributed by atoms with Crippen molar-refractivity contribution in [2.75, 3.05) is 161 Å². The number of nitrogen functional groups attached to an aromatic ring is 4. The molecule has 566 valence electrons. The van der Waals surface area contributed by atoms with Crippen LogP contribution in [0.1, 0.15) is 104 Å². The maximum Gasteiger partial charge on any atom is 0.228 e. The highest BCUT2D eigenvalue weighted by atomic mass is 79.9. The number of nitrogens with zero attached hydrogens (tertiary/aromatic N) is 28. The monoisotopic (exact) mass is 1540 g/mol. The molecular weight excluding hydrogens is 1450 g/mol. The number of hydrogen-bond acceptors (Lipinski definition) is 33. The second kappa shape index (κ2) is 33.1. The number of fused-ring (bicyclic) bond motifs is 4. The number of hydrogen-bond donors (Lipinski definition) is 4. The molecule has 38 heteroatoms. The van der Waals surface area contributed by atoms with Crippen LogP contribution in [0.3, 0.4) is 0 Å². The van der Waals surface area contributed by atoms with Crippen molar-refractivity contribution < 1.29 is 23.7 Å². The number of anilines is 8. The maximum atomic E-state index is 5.66. The summed E-state index contributed by atoms with van der Waals surface area (Å²) in [5.41, 5.74) is 34.8. The smallest absolute Gasteiger partial charge is 0.228 e. The van der Waals surface area contributed by atoms with Crippen LogP contribution in [0, 0.1) is 6.92 Å². The zero-order valence-corrected chi connectivity index (χ0v) is 63.4. The van der Waals surface area contributed by atoms with Crippen molar-refractivity contribution in [3.63, 3.8) is 0 Å². The third-order valence-electron chi connectivity index (χ3n) is 19.4. The predicted octanol–water partition coefficient (Wildman–Crippen LogP) is 6.93. The van der Waals surface area contributed by atoms with Crippen LogP contribution in [0.4, 0.5) is 47.6 Å². The van der Waals surface area contributed by atoms with Crippen molar-refractivity contribution in [1.82, 2.24) is 118 Å². The Morgan fingerprint density at radius 2 is 0.741 bits per heavy atom. The topological polar surface area (TPSA) is 441 Å². The van der Waals surface area contributed by atoms with Crippen molar-refractivity contribution >= 4 is 108 Å². The number of rotatable bonds is 15. The first-order valence-electron chi connectivity index (χ1n) is 36.5. The molecule has 0 aromatic carbocycles. The minimum atomic E-state index is 0.226. The quantitative estimate of drug-likeness (QED) is 0.0756. The lowest BCUT2D eigenvalue weighted by atomic mass is 10.2. The average Bonchev–Trinajstić information content (AvgIpc) is 1.57. The zero-order valence-electron chi connectivity index (χ0n) is 61.8. The molecule has 0 radical (unpaired) electrons. The molecule has 12 aromatic rings. The largest absolute Gasteiger partial charge is 0.379 e. The van der Waals surface area contributed by atoms with E-state index in [2.05, 4.69) is 147 Å². The Balaban J connectivity index is 0.000000121. The van der Waals surface area contributed by atoms with Crippen LogP contribution in [0.25, 0.3) is 89.7 Å². The van der Waals surface area contributed by atoms with E-state index in [1.165, 1.54) is 0 Å². The molecule has 0 spiro atoms. The number of aryl methyl sites for hydroxylation is 2. The van der Waals surface area contributed by atoms with Crippen LogP contribution in [-0.4, -0.2) is 236 Å². The Morgan fingerprint density at radius 1 is 0.398 bits per heavy atom. The first-order chi connectivity index (χ1) is 52.5. The molecule has 5 fully saturated rings. The average molecular weight is 1540 g/mol. The molecule has 3 unspecified atom stereocenters. The molecule has 12 aromatic heterocycles. The van der Waals surface area contributed by atoms with Crippen LogP contribution in [0.5, 0.6) is 0 Å². The lowest BCUT2D eigenvalue weighted by Crippen LogP contribution is -2.37. The summed E-state index contributed by atoms with van der Waals surface area (Å²) in [6.45, 7) is 29.8. The van der Waals surface area contributed by atoms with E-state index in [-0.39, 0.29) is 48.0 Å². The number of nitrogens with two attached hydrogens (primary N) is 4. The van der Waals surface area contributed by atoms with Crippen LogP contribution in [0.2, 0.25) is 0 Å². The Kier molecular flexibility index (Phi) is 22.7. The molecule has 3 atom stereocenters. The van der Waals surface area contributed by atoms with E-state index in [0.717, 1.165) is 174 Å². The van der Waals surface area contributed by atoms with Gasteiger partial charge in [0.15, 0.2) is 27.3 Å². The zero-order chi connectivity index (χ0) is 75.1. The molecule has 5 aliphatic heterocycles. The van der Waals surface area contributed by atoms with E-state index in [1.54, 1.807) is 49.6 Å². The summed E-state index contributed by atoms with van der Waals surface area (Å²) >= 11 is 3.59. The van der Waals surface area contributed by atoms with E-state index in [4.69, 9.17) is 101 Å². The molecular formula is C70H89BrN32O5. The predicted molar refractivity (Wildman–Crippen MR) is 412 cm³/mol. The highest BCUT2D eigenvalue weighted by Crippen LogP contribution is 2.37. The summed E-state index contributed by atoms with van der Waals surface area (Å²) in [5.74, 6) is 5.53. The van der Waals surface area contributed by atoms with E-state index < -0.39 is 0 Å². The first-order valence-corrected chi connectivity index (χ1v) is 37.3. The van der Waals surface area contributed by atoms with Crippen LogP contribution >= 0.6 is 15.9 Å². The van der Waals surface area contributed by atoms with Gasteiger partial charge in [-0.2, -0.15) is 19.9 Å². The molecule has 5 aliphatic rings. The van der Waals surface area contributed by atoms with Gasteiger partial charge in [-0.05, 0) is 69.8 Å². The van der Waals surface area contributed by atoms with Gasteiger partial charge in [0.2, 0.25) is 47.6 Å². The standard InChI is InChI=1S/2C18H24N8O.C17H21BrN8O.C17H20N8O2/c1-4-11(2)26-12(3)22-15-14(13-9-20-17(19)21-10-13)23-18(24-16(15)26)25-5-7-27-8-6-25;1-4-13-22-15-14(12-9-20-17(19)21-10-12)23-18(25-5-7-27-8-6-25)24-16(15)26(13)11(2)3;1-3-10(2)26-14-13(22-15(26)18)12(11-8-20-16(19)21-9-11)23-17(24-14)25-4-6-27-7-5-25;18-16-19-7-11(8-20-16)13-14-15(25(10-21-14)12-1-4-27-9-12)23-17(22-13)24-2-5-26-6-3-24/h2*9-11H,4-8H2,1-3H3,(H2,19,20,21);8-10H,3-7H2,1-2H3,(H2,19,20,21);7-8,10,12H,1-6,9H2,(H2,18,19,20). The second-order valence-electron chi connectivity index (χ2n) is 26.7. The minimum Gasteiger partial charge on any atom is -0.379 e. The van der Waals surface area contributed by atoms with Gasteiger partial charge >= 0.3 is 0 Å². The summed E-state index contributed by atoms with van der Waals surface area (Å²) in [7, 11) is 0. The Morgan fingerprint density at radius 3 is 1.10 bits per heavy atom. The SMILES string of the molecule is CCC(C)n1c(Br)nc2c(-c3cnc(N)nc3)nc(N3CCOCC3)nc21.CCC(C)n1c(C)nc2c(-c3cnc(N)nc3)nc(N3CCOCC3)nc21.CCc1nc2c(-c3cnc(N)nc3)nc(N3CCOCC3)nc2n1C(C)C.Nc1ncc(-c2nc(N3CCOCC3)nc3c2ncn3C2CCOC2)cn1. The van der Waals surface area contributed by atoms with Crippen molar-refractivity contribution in [2.24, 2.45) is 0 Å². The number of morpholine rings is 4. The van der Waals surface area contributed by atoms with Crippen molar-refractivity contribution in [3.05, 3.63) is 72.3 Å². The van der Waals surface area contributed by atoms with Gasteiger partial charge in [0.1, 0.15) is 56.5 Å². The molecule has 17 heterocycles. The molecule has 8 N–H and O–H groups in total. The summed E-state index contributed by atoms with van der Waals surface area (Å²) in [4.78, 5) is 99.1. The highest BCUT2D eigenvalue weighted by Gasteiger charge is 2.30.